The Balaban J connectivity index is 1.83. The molecule has 0 radical (unpaired) electrons. The van der Waals surface area contributed by atoms with Gasteiger partial charge in [0.05, 0.1) is 13.2 Å². The molecule has 0 bridgehead atoms. The van der Waals surface area contributed by atoms with Gasteiger partial charge in [-0.1, -0.05) is 55.8 Å². The lowest BCUT2D eigenvalue weighted by Crippen LogP contribution is -2.58. The van der Waals surface area contributed by atoms with Gasteiger partial charge in [0.2, 0.25) is 17.7 Å². The van der Waals surface area contributed by atoms with E-state index in [1.165, 1.54) is 31.4 Å². The molecule has 0 aromatic heterocycles. The molecular weight excluding hydrogens is 617 g/mol. The second-order valence-electron chi connectivity index (χ2n) is 11.4. The highest BCUT2D eigenvalue weighted by Crippen LogP contribution is 2.14. The molecule has 4 atom stereocenters. The van der Waals surface area contributed by atoms with E-state index in [2.05, 4.69) is 26.6 Å². The molecule has 1 aliphatic heterocycles. The summed E-state index contributed by atoms with van der Waals surface area (Å²) < 4.78 is 18.7. The summed E-state index contributed by atoms with van der Waals surface area (Å²) in [4.78, 5) is 64.8. The van der Waals surface area contributed by atoms with Crippen LogP contribution in [0.15, 0.2) is 60.7 Å². The van der Waals surface area contributed by atoms with Crippen molar-refractivity contribution in [2.24, 2.45) is 5.92 Å². The zero-order valence-corrected chi connectivity index (χ0v) is 26.9. The van der Waals surface area contributed by atoms with E-state index >= 15 is 0 Å². The van der Waals surface area contributed by atoms with Crippen LogP contribution in [0.1, 0.15) is 44.2 Å². The Morgan fingerprint density at radius 3 is 2.48 bits per heavy atom. The molecule has 5 N–H and O–H groups in total. The number of carbonyl (C=O) groups is 5. The molecule has 1 heterocycles. The van der Waals surface area contributed by atoms with Gasteiger partial charge < -0.3 is 31.3 Å². The molecule has 2 aromatic rings. The predicted octanol–water partition coefficient (Wildman–Crippen LogP) is 2.96. The lowest BCUT2D eigenvalue weighted by molar-refractivity contribution is -0.144. The largest absolute Gasteiger partial charge is 0.467 e. The van der Waals surface area contributed by atoms with E-state index in [1.54, 1.807) is 50.2 Å². The molecule has 1 aliphatic rings. The van der Waals surface area contributed by atoms with Crippen LogP contribution < -0.4 is 26.6 Å². The summed E-state index contributed by atoms with van der Waals surface area (Å²) in [6.45, 7) is 3.85. The summed E-state index contributed by atoms with van der Waals surface area (Å²) in [5.41, 5.74) is 1.26. The Morgan fingerprint density at radius 1 is 1.04 bits per heavy atom. The molecular formula is C33H41ClFN5O6. The second kappa shape index (κ2) is 17.9. The van der Waals surface area contributed by atoms with Crippen molar-refractivity contribution < 1.29 is 33.1 Å². The number of esters is 1. The average molecular weight is 658 g/mol. The fourth-order valence-corrected chi connectivity index (χ4v) is 5.14. The number of halogens is 2. The quantitative estimate of drug-likeness (QED) is 0.248. The molecule has 5 amide bonds. The number of hydrogen-bond acceptors (Lipinski definition) is 6. The summed E-state index contributed by atoms with van der Waals surface area (Å²) in [5, 5.41) is 14.1. The van der Waals surface area contributed by atoms with Gasteiger partial charge in [-0.25, -0.2) is 14.0 Å². The van der Waals surface area contributed by atoms with Gasteiger partial charge in [-0.2, -0.15) is 0 Å². The highest BCUT2D eigenvalue weighted by molar-refractivity contribution is 6.30. The number of methoxy groups -OCH3 is 1. The highest BCUT2D eigenvalue weighted by Gasteiger charge is 2.30. The Bertz CT molecular complexity index is 1420. The molecule has 0 unspecified atom stereocenters. The summed E-state index contributed by atoms with van der Waals surface area (Å²) in [5.74, 6) is -2.81. The number of hydrogen-bond donors (Lipinski definition) is 5. The average Bonchev–Trinajstić information content (AvgIpc) is 3.00. The second-order valence-corrected chi connectivity index (χ2v) is 11.8. The van der Waals surface area contributed by atoms with Crippen LogP contribution in [-0.4, -0.2) is 67.5 Å². The third kappa shape index (κ3) is 11.8. The van der Waals surface area contributed by atoms with Crippen LogP contribution in [0, 0.1) is 11.7 Å². The fourth-order valence-electron chi connectivity index (χ4n) is 4.93. The van der Waals surface area contributed by atoms with E-state index in [9.17, 15) is 28.4 Å². The van der Waals surface area contributed by atoms with Gasteiger partial charge in [0, 0.05) is 24.1 Å². The molecule has 13 heteroatoms. The van der Waals surface area contributed by atoms with Crippen LogP contribution in [0.25, 0.3) is 0 Å². The maximum Gasteiger partial charge on any atom is 0.328 e. The first-order valence-corrected chi connectivity index (χ1v) is 15.5. The molecule has 2 aromatic carbocycles. The van der Waals surface area contributed by atoms with Gasteiger partial charge in [-0.05, 0) is 67.0 Å². The molecule has 248 valence electrons. The Hall–Kier alpha value is -4.45. The number of ether oxygens (including phenoxy) is 1. The normalized spacial score (nSPS) is 19.3. The smallest absolute Gasteiger partial charge is 0.328 e. The van der Waals surface area contributed by atoms with Gasteiger partial charge in [0.15, 0.2) is 0 Å². The van der Waals surface area contributed by atoms with Gasteiger partial charge in [0.1, 0.15) is 23.9 Å². The minimum Gasteiger partial charge on any atom is -0.467 e. The van der Waals surface area contributed by atoms with E-state index < -0.39 is 53.8 Å². The molecule has 0 spiro atoms. The van der Waals surface area contributed by atoms with E-state index in [0.29, 0.717) is 35.5 Å². The van der Waals surface area contributed by atoms with E-state index in [-0.39, 0.29) is 31.1 Å². The third-order valence-electron chi connectivity index (χ3n) is 7.36. The van der Waals surface area contributed by atoms with Crippen molar-refractivity contribution >= 4 is 41.3 Å². The van der Waals surface area contributed by atoms with Crippen LogP contribution in [-0.2, 0) is 36.8 Å². The first-order valence-electron chi connectivity index (χ1n) is 15.2. The Kier molecular flexibility index (Phi) is 14.0. The Labute approximate surface area is 273 Å². The standard InChI is InChI=1S/C33H41ClFN5O6/c1-20(2)29(32(44)46-3)40-33(45)39-27(19-21-8-6-10-23(34)16-21)31(43)38-26-12-4-5-15-36-28(41)14-13-25(37-30(26)42)18-22-9-7-11-24(35)17-22/h6-11,13-14,16-17,20,25-27,29H,4-5,12,15,18-19H2,1-3H3,(H,36,41)(H,37,42)(H,38,43)(H2,39,40,45)/b14-13-/t25-,26+,27+,29+/m1/s1. The monoisotopic (exact) mass is 657 g/mol. The number of urea groups is 1. The van der Waals surface area contributed by atoms with Gasteiger partial charge in [-0.3, -0.25) is 14.4 Å². The first-order chi connectivity index (χ1) is 21.9. The molecule has 3 rings (SSSR count). The van der Waals surface area contributed by atoms with Gasteiger partial charge >= 0.3 is 12.0 Å². The van der Waals surface area contributed by atoms with Crippen molar-refractivity contribution in [2.75, 3.05) is 13.7 Å². The minimum atomic E-state index is -1.15. The van der Waals surface area contributed by atoms with Crippen molar-refractivity contribution in [1.29, 1.82) is 0 Å². The molecule has 0 fully saturated rings. The van der Waals surface area contributed by atoms with Crippen LogP contribution in [0.3, 0.4) is 0 Å². The summed E-state index contributed by atoms with van der Waals surface area (Å²) in [6, 6.07) is 8.16. The predicted molar refractivity (Wildman–Crippen MR) is 171 cm³/mol. The third-order valence-corrected chi connectivity index (χ3v) is 7.60. The number of amides is 5. The van der Waals surface area contributed by atoms with Crippen molar-refractivity contribution in [2.45, 2.75) is 70.1 Å². The number of carbonyl (C=O) groups excluding carboxylic acids is 5. The van der Waals surface area contributed by atoms with Crippen LogP contribution in [0.2, 0.25) is 5.02 Å². The summed E-state index contributed by atoms with van der Waals surface area (Å²) in [7, 11) is 1.22. The molecule has 11 nitrogen and oxygen atoms in total. The topological polar surface area (TPSA) is 155 Å². The van der Waals surface area contributed by atoms with Crippen molar-refractivity contribution in [3.05, 3.63) is 82.6 Å². The summed E-state index contributed by atoms with van der Waals surface area (Å²) >= 11 is 6.16. The molecule has 0 saturated carbocycles. The lowest BCUT2D eigenvalue weighted by atomic mass is 10.0. The van der Waals surface area contributed by atoms with Crippen LogP contribution in [0.4, 0.5) is 9.18 Å². The fraction of sp³-hybridized carbons (Fsp3) is 0.424. The zero-order valence-electron chi connectivity index (χ0n) is 26.1. The van der Waals surface area contributed by atoms with E-state index in [1.807, 2.05) is 0 Å². The maximum atomic E-state index is 13.9. The van der Waals surface area contributed by atoms with Gasteiger partial charge in [-0.15, -0.1) is 0 Å². The first kappa shape index (κ1) is 36.0. The Morgan fingerprint density at radius 2 is 1.78 bits per heavy atom. The highest BCUT2D eigenvalue weighted by atomic mass is 35.5. The van der Waals surface area contributed by atoms with Gasteiger partial charge in [0.25, 0.3) is 0 Å². The molecule has 0 aliphatic carbocycles. The number of nitrogens with one attached hydrogen (secondary N) is 5. The van der Waals surface area contributed by atoms with E-state index in [0.717, 1.165) is 0 Å². The maximum absolute atomic E-state index is 13.9. The zero-order chi connectivity index (χ0) is 33.6. The van der Waals surface area contributed by atoms with Crippen molar-refractivity contribution in [3.63, 3.8) is 0 Å². The van der Waals surface area contributed by atoms with Crippen LogP contribution >= 0.6 is 11.6 Å². The number of benzene rings is 2. The lowest BCUT2D eigenvalue weighted by Gasteiger charge is -2.26. The SMILES string of the molecule is COC(=O)[C@@H](NC(=O)N[C@@H](Cc1cccc(Cl)c1)C(=O)N[C@H]1CCCCNC(=O)/C=C\[C@H](Cc2cccc(F)c2)NC1=O)C(C)C. The molecule has 46 heavy (non-hydrogen) atoms. The molecule has 0 saturated heterocycles. The summed E-state index contributed by atoms with van der Waals surface area (Å²) in [6.07, 6.45) is 4.39. The van der Waals surface area contributed by atoms with Crippen LogP contribution in [0.5, 0.6) is 0 Å². The van der Waals surface area contributed by atoms with Crippen molar-refractivity contribution in [3.8, 4) is 0 Å². The van der Waals surface area contributed by atoms with Crippen molar-refractivity contribution in [1.82, 2.24) is 26.6 Å². The minimum absolute atomic E-state index is 0.0374. The number of rotatable bonds is 10. The van der Waals surface area contributed by atoms with E-state index in [4.69, 9.17) is 16.3 Å².